The van der Waals surface area contributed by atoms with Gasteiger partial charge in [0, 0.05) is 32.0 Å². The summed E-state index contributed by atoms with van der Waals surface area (Å²) in [6.45, 7) is 3.65. The summed E-state index contributed by atoms with van der Waals surface area (Å²) in [5.74, 6) is 0. The lowest BCUT2D eigenvalue weighted by atomic mass is 10.1. The molecule has 1 aromatic heterocycles. The molecule has 7 heteroatoms. The molecule has 5 nitrogen and oxygen atoms in total. The quantitative estimate of drug-likeness (QED) is 0.918. The average Bonchev–Trinajstić information content (AvgIpc) is 2.56. The molecule has 2 heterocycles. The minimum atomic E-state index is -3.51. The highest BCUT2D eigenvalue weighted by Gasteiger charge is 2.34. The molecule has 1 saturated heterocycles. The molecular formula is C16H20ClN3O2S. The van der Waals surface area contributed by atoms with E-state index in [2.05, 4.69) is 10.3 Å². The fourth-order valence-corrected chi connectivity index (χ4v) is 4.29. The van der Waals surface area contributed by atoms with Gasteiger partial charge in [0.2, 0.25) is 10.0 Å². The van der Waals surface area contributed by atoms with Crippen LogP contribution in [0.5, 0.6) is 0 Å². The summed E-state index contributed by atoms with van der Waals surface area (Å²) < 4.78 is 27.5. The molecule has 1 aliphatic rings. The van der Waals surface area contributed by atoms with Gasteiger partial charge in [-0.2, -0.15) is 4.31 Å². The summed E-state index contributed by atoms with van der Waals surface area (Å²) in [4.78, 5) is 4.45. The third kappa shape index (κ3) is 3.72. The predicted molar refractivity (Wildman–Crippen MR) is 92.2 cm³/mol. The minimum Gasteiger partial charge on any atom is -0.313 e. The molecule has 0 aliphatic carbocycles. The Bertz CT molecular complexity index is 736. The van der Waals surface area contributed by atoms with Crippen LogP contribution >= 0.6 is 12.4 Å². The molecular weight excluding hydrogens is 334 g/mol. The van der Waals surface area contributed by atoms with Gasteiger partial charge in [0.15, 0.2) is 0 Å². The van der Waals surface area contributed by atoms with Crippen molar-refractivity contribution < 1.29 is 8.42 Å². The van der Waals surface area contributed by atoms with Crippen LogP contribution in [0.2, 0.25) is 0 Å². The van der Waals surface area contributed by atoms with E-state index in [0.29, 0.717) is 24.5 Å². The standard InChI is InChI=1S/C16H19N3O2S.ClH/c1-13-4-6-15(7-5-13)22(20,21)19-10-9-18-12-16(19)14-3-2-8-17-11-14;/h2-8,11,16,18H,9-10,12H2,1H3;1H. The second-order valence-electron chi connectivity index (χ2n) is 5.44. The number of sulfonamides is 1. The largest absolute Gasteiger partial charge is 0.313 e. The van der Waals surface area contributed by atoms with Crippen LogP contribution < -0.4 is 5.32 Å². The zero-order valence-electron chi connectivity index (χ0n) is 12.8. The lowest BCUT2D eigenvalue weighted by Crippen LogP contribution is -2.48. The second-order valence-corrected chi connectivity index (χ2v) is 7.33. The highest BCUT2D eigenvalue weighted by molar-refractivity contribution is 7.89. The van der Waals surface area contributed by atoms with Gasteiger partial charge in [-0.05, 0) is 30.7 Å². The van der Waals surface area contributed by atoms with E-state index in [0.717, 1.165) is 11.1 Å². The van der Waals surface area contributed by atoms with E-state index in [1.807, 2.05) is 31.2 Å². The Morgan fingerprint density at radius 3 is 2.61 bits per heavy atom. The number of nitrogens with one attached hydrogen (secondary N) is 1. The Kier molecular flexibility index (Phi) is 5.75. The van der Waals surface area contributed by atoms with Crippen molar-refractivity contribution in [3.63, 3.8) is 0 Å². The number of halogens is 1. The van der Waals surface area contributed by atoms with Crippen LogP contribution in [0.4, 0.5) is 0 Å². The smallest absolute Gasteiger partial charge is 0.243 e. The minimum absolute atomic E-state index is 0. The highest BCUT2D eigenvalue weighted by atomic mass is 35.5. The van der Waals surface area contributed by atoms with Crippen molar-refractivity contribution in [2.75, 3.05) is 19.6 Å². The number of hydrogen-bond acceptors (Lipinski definition) is 4. The molecule has 3 rings (SSSR count). The molecule has 2 aromatic rings. The summed E-state index contributed by atoms with van der Waals surface area (Å²) >= 11 is 0. The number of aryl methyl sites for hydroxylation is 1. The molecule has 23 heavy (non-hydrogen) atoms. The summed E-state index contributed by atoms with van der Waals surface area (Å²) in [5, 5.41) is 3.26. The van der Waals surface area contributed by atoms with Crippen LogP contribution in [0.1, 0.15) is 17.2 Å². The monoisotopic (exact) mass is 353 g/mol. The number of benzene rings is 1. The van der Waals surface area contributed by atoms with E-state index in [1.165, 1.54) is 0 Å². The average molecular weight is 354 g/mol. The maximum absolute atomic E-state index is 13.0. The first-order valence-corrected chi connectivity index (χ1v) is 8.72. The number of piperazine rings is 1. The van der Waals surface area contributed by atoms with Gasteiger partial charge >= 0.3 is 0 Å². The summed E-state index contributed by atoms with van der Waals surface area (Å²) in [6, 6.07) is 10.5. The van der Waals surface area contributed by atoms with Crippen LogP contribution in [-0.2, 0) is 10.0 Å². The third-order valence-corrected chi connectivity index (χ3v) is 5.81. The summed E-state index contributed by atoms with van der Waals surface area (Å²) in [6.07, 6.45) is 3.42. The Hall–Kier alpha value is -1.47. The van der Waals surface area contributed by atoms with Gasteiger partial charge in [-0.3, -0.25) is 4.98 Å². The molecule has 1 aliphatic heterocycles. The molecule has 1 aromatic carbocycles. The number of nitrogens with zero attached hydrogens (tertiary/aromatic N) is 2. The van der Waals surface area contributed by atoms with Gasteiger partial charge < -0.3 is 5.32 Å². The van der Waals surface area contributed by atoms with Crippen molar-refractivity contribution in [2.24, 2.45) is 0 Å². The molecule has 1 fully saturated rings. The molecule has 1 unspecified atom stereocenters. The summed E-state index contributed by atoms with van der Waals surface area (Å²) in [5.41, 5.74) is 1.95. The van der Waals surface area contributed by atoms with E-state index in [-0.39, 0.29) is 18.4 Å². The highest BCUT2D eigenvalue weighted by Crippen LogP contribution is 2.28. The Balaban J connectivity index is 0.00000192. The molecule has 0 amide bonds. The van der Waals surface area contributed by atoms with Crippen LogP contribution in [0, 0.1) is 6.92 Å². The fourth-order valence-electron chi connectivity index (χ4n) is 2.68. The Labute approximate surface area is 143 Å². The SMILES string of the molecule is Cc1ccc(S(=O)(=O)N2CCNCC2c2cccnc2)cc1.Cl. The molecule has 1 atom stereocenters. The Morgan fingerprint density at radius 2 is 1.96 bits per heavy atom. The van der Waals surface area contributed by atoms with Crippen molar-refractivity contribution in [2.45, 2.75) is 17.9 Å². The Morgan fingerprint density at radius 1 is 1.22 bits per heavy atom. The first-order chi connectivity index (χ1) is 10.6. The zero-order chi connectivity index (χ0) is 15.6. The van der Waals surface area contributed by atoms with E-state index in [1.54, 1.807) is 28.8 Å². The number of hydrogen-bond donors (Lipinski definition) is 1. The lowest BCUT2D eigenvalue weighted by molar-refractivity contribution is 0.271. The van der Waals surface area contributed by atoms with Gasteiger partial charge in [0.05, 0.1) is 10.9 Å². The zero-order valence-corrected chi connectivity index (χ0v) is 14.5. The van der Waals surface area contributed by atoms with Gasteiger partial charge in [-0.15, -0.1) is 12.4 Å². The lowest BCUT2D eigenvalue weighted by Gasteiger charge is -2.35. The third-order valence-electron chi connectivity index (χ3n) is 3.89. The van der Waals surface area contributed by atoms with E-state index >= 15 is 0 Å². The van der Waals surface area contributed by atoms with Gasteiger partial charge in [-0.25, -0.2) is 8.42 Å². The molecule has 0 radical (unpaired) electrons. The topological polar surface area (TPSA) is 62.3 Å². The maximum atomic E-state index is 13.0. The fraction of sp³-hybridized carbons (Fsp3) is 0.312. The van der Waals surface area contributed by atoms with Crippen LogP contribution in [-0.4, -0.2) is 37.3 Å². The summed E-state index contributed by atoms with van der Waals surface area (Å²) in [7, 11) is -3.51. The predicted octanol–water partition coefficient (Wildman–Crippen LogP) is 2.15. The number of rotatable bonds is 3. The number of aromatic nitrogens is 1. The van der Waals surface area contributed by atoms with Gasteiger partial charge in [0.1, 0.15) is 0 Å². The van der Waals surface area contributed by atoms with E-state index in [4.69, 9.17) is 0 Å². The normalized spacial score (nSPS) is 19.1. The molecule has 124 valence electrons. The van der Waals surface area contributed by atoms with Crippen molar-refractivity contribution in [3.8, 4) is 0 Å². The number of pyridine rings is 1. The molecule has 0 spiro atoms. The van der Waals surface area contributed by atoms with Crippen LogP contribution in [0.15, 0.2) is 53.7 Å². The van der Waals surface area contributed by atoms with Crippen molar-refractivity contribution in [1.82, 2.24) is 14.6 Å². The van der Waals surface area contributed by atoms with Crippen LogP contribution in [0.3, 0.4) is 0 Å². The molecule has 0 saturated carbocycles. The van der Waals surface area contributed by atoms with Crippen LogP contribution in [0.25, 0.3) is 0 Å². The molecule has 0 bridgehead atoms. The van der Waals surface area contributed by atoms with Gasteiger partial charge in [0.25, 0.3) is 0 Å². The first kappa shape index (κ1) is 17.9. The first-order valence-electron chi connectivity index (χ1n) is 7.28. The van der Waals surface area contributed by atoms with Gasteiger partial charge in [-0.1, -0.05) is 23.8 Å². The maximum Gasteiger partial charge on any atom is 0.243 e. The van der Waals surface area contributed by atoms with E-state index in [9.17, 15) is 8.42 Å². The molecule has 1 N–H and O–H groups in total. The van der Waals surface area contributed by atoms with Crippen molar-refractivity contribution in [1.29, 1.82) is 0 Å². The second kappa shape index (κ2) is 7.40. The van der Waals surface area contributed by atoms with Crippen molar-refractivity contribution >= 4 is 22.4 Å². The van der Waals surface area contributed by atoms with Crippen molar-refractivity contribution in [3.05, 3.63) is 59.9 Å². The van der Waals surface area contributed by atoms with E-state index < -0.39 is 10.0 Å².